The Morgan fingerprint density at radius 2 is 1.70 bits per heavy atom. The van der Waals surface area contributed by atoms with Crippen LogP contribution in [0.2, 0.25) is 0 Å². The van der Waals surface area contributed by atoms with Gasteiger partial charge in [0.1, 0.15) is 23.1 Å². The van der Waals surface area contributed by atoms with Gasteiger partial charge in [-0.15, -0.1) is 11.3 Å². The zero-order chi connectivity index (χ0) is 23.3. The number of benzene rings is 2. The molecule has 0 aliphatic heterocycles. The summed E-state index contributed by atoms with van der Waals surface area (Å²) < 4.78 is 44.1. The van der Waals surface area contributed by atoms with Gasteiger partial charge in [-0.3, -0.25) is 9.78 Å². The monoisotopic (exact) mass is 469 g/mol. The first-order chi connectivity index (χ1) is 15.9. The van der Waals surface area contributed by atoms with E-state index in [9.17, 15) is 18.0 Å². The highest BCUT2D eigenvalue weighted by Gasteiger charge is 2.29. The van der Waals surface area contributed by atoms with E-state index >= 15 is 0 Å². The van der Waals surface area contributed by atoms with Crippen LogP contribution in [0.3, 0.4) is 0 Å². The molecule has 2 heterocycles. The van der Waals surface area contributed by atoms with Crippen molar-refractivity contribution in [1.82, 2.24) is 15.3 Å². The Labute approximate surface area is 191 Å². The number of hydrogen-bond donors (Lipinski definition) is 1. The van der Waals surface area contributed by atoms with E-state index < -0.39 is 11.7 Å². The molecule has 4 aromatic rings. The molecule has 2 aromatic carbocycles. The highest BCUT2D eigenvalue weighted by atomic mass is 32.1. The molecule has 5 nitrogen and oxygen atoms in total. The second-order valence-corrected chi connectivity index (χ2v) is 7.91. The summed E-state index contributed by atoms with van der Waals surface area (Å²) in [7, 11) is 0. The number of nitrogens with one attached hydrogen (secondary N) is 1. The van der Waals surface area contributed by atoms with E-state index in [-0.39, 0.29) is 12.5 Å². The number of pyridine rings is 1. The molecule has 168 valence electrons. The number of hydrogen-bond acceptors (Lipinski definition) is 5. The van der Waals surface area contributed by atoms with E-state index in [2.05, 4.69) is 15.3 Å². The van der Waals surface area contributed by atoms with Crippen molar-refractivity contribution in [1.29, 1.82) is 0 Å². The average Bonchev–Trinajstić information content (AvgIpc) is 3.32. The maximum Gasteiger partial charge on any atom is 0.416 e. The molecule has 2 aromatic heterocycles. The Morgan fingerprint density at radius 3 is 2.42 bits per heavy atom. The molecule has 9 heteroatoms. The Morgan fingerprint density at radius 1 is 0.970 bits per heavy atom. The summed E-state index contributed by atoms with van der Waals surface area (Å²) in [4.78, 5) is 20.8. The molecule has 0 saturated heterocycles. The average molecular weight is 469 g/mol. The van der Waals surface area contributed by atoms with Gasteiger partial charge < -0.3 is 10.1 Å². The van der Waals surface area contributed by atoms with Crippen LogP contribution in [0.1, 0.15) is 27.2 Å². The lowest BCUT2D eigenvalue weighted by Gasteiger charge is -2.11. The first kappa shape index (κ1) is 22.5. The van der Waals surface area contributed by atoms with Crippen LogP contribution in [0.4, 0.5) is 13.2 Å². The lowest BCUT2D eigenvalue weighted by molar-refractivity contribution is -0.137. The van der Waals surface area contributed by atoms with Gasteiger partial charge in [-0.25, -0.2) is 4.98 Å². The number of amides is 1. The van der Waals surface area contributed by atoms with Gasteiger partial charge >= 0.3 is 6.18 Å². The number of rotatable bonds is 7. The maximum absolute atomic E-state index is 12.7. The van der Waals surface area contributed by atoms with Crippen molar-refractivity contribution in [2.45, 2.75) is 19.3 Å². The molecule has 0 fully saturated rings. The highest BCUT2D eigenvalue weighted by molar-refractivity contribution is 7.13. The van der Waals surface area contributed by atoms with Gasteiger partial charge in [0.25, 0.3) is 5.91 Å². The molecule has 0 radical (unpaired) electrons. The number of para-hydroxylation sites is 1. The van der Waals surface area contributed by atoms with Crippen molar-refractivity contribution in [3.05, 3.63) is 101 Å². The Balaban J connectivity index is 1.43. The molecular weight excluding hydrogens is 451 g/mol. The predicted octanol–water partition coefficient (Wildman–Crippen LogP) is 5.73. The molecule has 0 bridgehead atoms. The van der Waals surface area contributed by atoms with E-state index in [1.807, 2.05) is 24.3 Å². The smallest absolute Gasteiger partial charge is 0.416 e. The standard InChI is InChI=1S/C24H18F3N3O2S/c25-24(26,27)18-7-5-17(6-8-18)14-32-21-4-2-1-3-19(21)23-30-20(15-33-23)22(31)29-13-16-9-11-28-12-10-16/h1-12,15H,13-14H2,(H,29,31). The molecule has 0 aliphatic carbocycles. The normalized spacial score (nSPS) is 11.2. The van der Waals surface area contributed by atoms with Gasteiger partial charge in [-0.1, -0.05) is 24.3 Å². The van der Waals surface area contributed by atoms with Gasteiger partial charge in [0, 0.05) is 24.3 Å². The van der Waals surface area contributed by atoms with Gasteiger partial charge in [-0.2, -0.15) is 13.2 Å². The minimum Gasteiger partial charge on any atom is -0.488 e. The fourth-order valence-electron chi connectivity index (χ4n) is 3.00. The topological polar surface area (TPSA) is 64.1 Å². The van der Waals surface area contributed by atoms with Crippen LogP contribution in [0, 0.1) is 0 Å². The van der Waals surface area contributed by atoms with E-state index in [1.54, 1.807) is 29.9 Å². The number of alkyl halides is 3. The van der Waals surface area contributed by atoms with Crippen LogP contribution in [0.15, 0.2) is 78.4 Å². The first-order valence-corrected chi connectivity index (χ1v) is 10.8. The number of carbonyl (C=O) groups is 1. The molecule has 0 unspecified atom stereocenters. The Kier molecular flexibility index (Phi) is 6.69. The quantitative estimate of drug-likeness (QED) is 0.375. The molecule has 4 rings (SSSR count). The van der Waals surface area contributed by atoms with Gasteiger partial charge in [-0.05, 0) is 47.5 Å². The fraction of sp³-hybridized carbons (Fsp3) is 0.125. The van der Waals surface area contributed by atoms with Crippen molar-refractivity contribution >= 4 is 17.2 Å². The maximum atomic E-state index is 12.7. The van der Waals surface area contributed by atoms with Crippen molar-refractivity contribution in [3.63, 3.8) is 0 Å². The van der Waals surface area contributed by atoms with E-state index in [1.165, 1.54) is 23.5 Å². The molecule has 0 spiro atoms. The van der Waals surface area contributed by atoms with Crippen LogP contribution in [-0.2, 0) is 19.3 Å². The van der Waals surface area contributed by atoms with Gasteiger partial charge in [0.15, 0.2) is 0 Å². The molecule has 0 atom stereocenters. The zero-order valence-corrected chi connectivity index (χ0v) is 18.0. The summed E-state index contributed by atoms with van der Waals surface area (Å²) in [5, 5.41) is 5.10. The number of ether oxygens (including phenoxy) is 1. The number of aromatic nitrogens is 2. The van der Waals surface area contributed by atoms with Gasteiger partial charge in [0.05, 0.1) is 11.1 Å². The third-order valence-corrected chi connectivity index (χ3v) is 5.61. The summed E-state index contributed by atoms with van der Waals surface area (Å²) >= 11 is 1.31. The summed E-state index contributed by atoms with van der Waals surface area (Å²) in [5.41, 5.74) is 1.82. The van der Waals surface area contributed by atoms with Crippen LogP contribution in [-0.4, -0.2) is 15.9 Å². The number of halogens is 3. The van der Waals surface area contributed by atoms with E-state index in [4.69, 9.17) is 4.74 Å². The highest BCUT2D eigenvalue weighted by Crippen LogP contribution is 2.33. The molecular formula is C24H18F3N3O2S. The predicted molar refractivity (Wildman–Crippen MR) is 119 cm³/mol. The zero-order valence-electron chi connectivity index (χ0n) is 17.2. The van der Waals surface area contributed by atoms with Crippen molar-refractivity contribution in [3.8, 4) is 16.3 Å². The van der Waals surface area contributed by atoms with Crippen molar-refractivity contribution in [2.75, 3.05) is 0 Å². The third kappa shape index (κ3) is 5.75. The molecule has 0 saturated carbocycles. The molecule has 33 heavy (non-hydrogen) atoms. The Hall–Kier alpha value is -3.72. The van der Waals surface area contributed by atoms with Gasteiger partial charge in [0.2, 0.25) is 0 Å². The fourth-order valence-corrected chi connectivity index (χ4v) is 3.83. The number of thiazole rings is 1. The van der Waals surface area contributed by atoms with Crippen LogP contribution in [0.25, 0.3) is 10.6 Å². The summed E-state index contributed by atoms with van der Waals surface area (Å²) in [5.74, 6) is 0.230. The van der Waals surface area contributed by atoms with E-state index in [0.29, 0.717) is 34.1 Å². The molecule has 1 N–H and O–H groups in total. The lowest BCUT2D eigenvalue weighted by Crippen LogP contribution is -2.23. The minimum absolute atomic E-state index is 0.0970. The first-order valence-electron chi connectivity index (χ1n) is 9.91. The van der Waals surface area contributed by atoms with E-state index in [0.717, 1.165) is 17.7 Å². The van der Waals surface area contributed by atoms with Crippen LogP contribution in [0.5, 0.6) is 5.75 Å². The lowest BCUT2D eigenvalue weighted by atomic mass is 10.1. The third-order valence-electron chi connectivity index (χ3n) is 4.73. The Bertz CT molecular complexity index is 1230. The van der Waals surface area contributed by atoms with Crippen LogP contribution >= 0.6 is 11.3 Å². The van der Waals surface area contributed by atoms with Crippen molar-refractivity contribution < 1.29 is 22.7 Å². The summed E-state index contributed by atoms with van der Waals surface area (Å²) in [6.07, 6.45) is -1.06. The number of carbonyl (C=O) groups excluding carboxylic acids is 1. The van der Waals surface area contributed by atoms with Crippen LogP contribution < -0.4 is 10.1 Å². The second kappa shape index (κ2) is 9.83. The summed E-state index contributed by atoms with van der Waals surface area (Å²) in [6.45, 7) is 0.459. The number of nitrogens with zero attached hydrogens (tertiary/aromatic N) is 2. The minimum atomic E-state index is -4.38. The summed E-state index contributed by atoms with van der Waals surface area (Å²) in [6, 6.07) is 15.7. The second-order valence-electron chi connectivity index (χ2n) is 7.06. The largest absolute Gasteiger partial charge is 0.488 e. The molecule has 1 amide bonds. The van der Waals surface area contributed by atoms with Crippen molar-refractivity contribution in [2.24, 2.45) is 0 Å². The SMILES string of the molecule is O=C(NCc1ccncc1)c1csc(-c2ccccc2OCc2ccc(C(F)(F)F)cc2)n1. The molecule has 0 aliphatic rings.